The van der Waals surface area contributed by atoms with Crippen molar-refractivity contribution in [1.29, 1.82) is 0 Å². The SMILES string of the molecule is CC[C@H](C(=O)NCc1noc(C)n1)c1ccccc1. The van der Waals surface area contributed by atoms with E-state index in [1.807, 2.05) is 37.3 Å². The molecule has 1 N–H and O–H groups in total. The Morgan fingerprint density at radius 2 is 2.11 bits per heavy atom. The predicted molar refractivity (Wildman–Crippen MR) is 70.4 cm³/mol. The molecule has 0 saturated heterocycles. The number of benzene rings is 1. The summed E-state index contributed by atoms with van der Waals surface area (Å²) in [6.07, 6.45) is 0.751. The average molecular weight is 259 g/mol. The van der Waals surface area contributed by atoms with Gasteiger partial charge in [0.05, 0.1) is 12.5 Å². The molecule has 0 aliphatic heterocycles. The van der Waals surface area contributed by atoms with E-state index < -0.39 is 0 Å². The molecule has 0 spiro atoms. The van der Waals surface area contributed by atoms with Crippen molar-refractivity contribution in [2.24, 2.45) is 0 Å². The van der Waals surface area contributed by atoms with E-state index in [0.29, 0.717) is 18.3 Å². The van der Waals surface area contributed by atoms with Gasteiger partial charge in [-0.05, 0) is 12.0 Å². The minimum atomic E-state index is -0.144. The number of carbonyl (C=O) groups excluding carboxylic acids is 1. The van der Waals surface area contributed by atoms with E-state index in [4.69, 9.17) is 4.52 Å². The van der Waals surface area contributed by atoms with Crippen LogP contribution in [0.15, 0.2) is 34.9 Å². The third kappa shape index (κ3) is 3.40. The molecule has 2 rings (SSSR count). The van der Waals surface area contributed by atoms with Crippen LogP contribution in [0, 0.1) is 6.92 Å². The van der Waals surface area contributed by atoms with Gasteiger partial charge in [0.1, 0.15) is 0 Å². The first-order valence-corrected chi connectivity index (χ1v) is 6.32. The average Bonchev–Trinajstić information content (AvgIpc) is 2.84. The summed E-state index contributed by atoms with van der Waals surface area (Å²) in [5.74, 6) is 0.832. The Morgan fingerprint density at radius 1 is 1.37 bits per heavy atom. The third-order valence-corrected chi connectivity index (χ3v) is 2.92. The zero-order valence-corrected chi connectivity index (χ0v) is 11.1. The molecule has 100 valence electrons. The summed E-state index contributed by atoms with van der Waals surface area (Å²) in [6.45, 7) is 4.01. The van der Waals surface area contributed by atoms with Gasteiger partial charge in [-0.25, -0.2) is 0 Å². The Bertz CT molecular complexity index is 537. The number of aromatic nitrogens is 2. The van der Waals surface area contributed by atoms with Crippen LogP contribution < -0.4 is 5.32 Å². The minimum absolute atomic E-state index is 0.0175. The molecule has 0 aliphatic carbocycles. The van der Waals surface area contributed by atoms with Gasteiger partial charge in [0.2, 0.25) is 11.8 Å². The Morgan fingerprint density at radius 3 is 2.68 bits per heavy atom. The van der Waals surface area contributed by atoms with Crippen molar-refractivity contribution in [2.75, 3.05) is 0 Å². The van der Waals surface area contributed by atoms with Gasteiger partial charge in [0.15, 0.2) is 5.82 Å². The van der Waals surface area contributed by atoms with Crippen molar-refractivity contribution in [3.63, 3.8) is 0 Å². The summed E-state index contributed by atoms with van der Waals surface area (Å²) >= 11 is 0. The highest BCUT2D eigenvalue weighted by atomic mass is 16.5. The molecule has 0 unspecified atom stereocenters. The second-order valence-electron chi connectivity index (χ2n) is 4.32. The second-order valence-corrected chi connectivity index (χ2v) is 4.32. The van der Waals surface area contributed by atoms with Crippen LogP contribution in [0.5, 0.6) is 0 Å². The Kier molecular flexibility index (Phi) is 4.28. The summed E-state index contributed by atoms with van der Waals surface area (Å²) in [6, 6.07) is 9.75. The van der Waals surface area contributed by atoms with Crippen molar-refractivity contribution in [1.82, 2.24) is 15.5 Å². The monoisotopic (exact) mass is 259 g/mol. The smallest absolute Gasteiger partial charge is 0.227 e. The second kappa shape index (κ2) is 6.13. The summed E-state index contributed by atoms with van der Waals surface area (Å²) < 4.78 is 4.86. The van der Waals surface area contributed by atoms with Gasteiger partial charge in [-0.1, -0.05) is 42.4 Å². The zero-order valence-electron chi connectivity index (χ0n) is 11.1. The topological polar surface area (TPSA) is 68.0 Å². The maximum atomic E-state index is 12.2. The number of hydrogen-bond acceptors (Lipinski definition) is 4. The molecule has 0 bridgehead atoms. The lowest BCUT2D eigenvalue weighted by molar-refractivity contribution is -0.122. The van der Waals surface area contributed by atoms with E-state index in [1.54, 1.807) is 6.92 Å². The Labute approximate surface area is 112 Å². The summed E-state index contributed by atoms with van der Waals surface area (Å²) in [4.78, 5) is 16.2. The van der Waals surface area contributed by atoms with Crippen LogP contribution in [0.3, 0.4) is 0 Å². The maximum Gasteiger partial charge on any atom is 0.227 e. The Balaban J connectivity index is 1.98. The fourth-order valence-corrected chi connectivity index (χ4v) is 1.96. The molecule has 5 heteroatoms. The first-order chi connectivity index (χ1) is 9.20. The van der Waals surface area contributed by atoms with E-state index in [-0.39, 0.29) is 11.8 Å². The van der Waals surface area contributed by atoms with Crippen molar-refractivity contribution in [2.45, 2.75) is 32.7 Å². The van der Waals surface area contributed by atoms with E-state index >= 15 is 0 Å². The normalized spacial score (nSPS) is 12.1. The number of amides is 1. The number of nitrogens with zero attached hydrogens (tertiary/aromatic N) is 2. The fraction of sp³-hybridized carbons (Fsp3) is 0.357. The number of carbonyl (C=O) groups is 1. The van der Waals surface area contributed by atoms with Crippen LogP contribution in [0.1, 0.15) is 36.5 Å². The van der Waals surface area contributed by atoms with E-state index in [1.165, 1.54) is 0 Å². The molecule has 1 heterocycles. The summed E-state index contributed by atoms with van der Waals surface area (Å²) in [7, 11) is 0. The van der Waals surface area contributed by atoms with E-state index in [9.17, 15) is 4.79 Å². The number of hydrogen-bond donors (Lipinski definition) is 1. The van der Waals surface area contributed by atoms with Crippen molar-refractivity contribution in [3.05, 3.63) is 47.6 Å². The Hall–Kier alpha value is -2.17. The standard InChI is InChI=1S/C14H17N3O2/c1-3-12(11-7-5-4-6-8-11)14(18)15-9-13-16-10(2)19-17-13/h4-8,12H,3,9H2,1-2H3,(H,15,18)/t12-/m0/s1. The van der Waals surface area contributed by atoms with Gasteiger partial charge in [-0.15, -0.1) is 0 Å². The molecule has 2 aromatic rings. The molecule has 0 radical (unpaired) electrons. The number of nitrogens with one attached hydrogen (secondary N) is 1. The highest BCUT2D eigenvalue weighted by molar-refractivity contribution is 5.83. The lowest BCUT2D eigenvalue weighted by atomic mass is 9.96. The fourth-order valence-electron chi connectivity index (χ4n) is 1.96. The highest BCUT2D eigenvalue weighted by Gasteiger charge is 2.18. The first-order valence-electron chi connectivity index (χ1n) is 6.32. The predicted octanol–water partition coefficient (Wildman–Crippen LogP) is 2.19. The van der Waals surface area contributed by atoms with Gasteiger partial charge in [-0.2, -0.15) is 4.98 Å². The number of aryl methyl sites for hydroxylation is 1. The van der Waals surface area contributed by atoms with Crippen molar-refractivity contribution < 1.29 is 9.32 Å². The summed E-state index contributed by atoms with van der Waals surface area (Å²) in [5, 5.41) is 6.58. The zero-order chi connectivity index (χ0) is 13.7. The van der Waals surface area contributed by atoms with Crippen LogP contribution in [0.2, 0.25) is 0 Å². The van der Waals surface area contributed by atoms with Crippen LogP contribution in [-0.2, 0) is 11.3 Å². The summed E-state index contributed by atoms with van der Waals surface area (Å²) in [5.41, 5.74) is 1.02. The van der Waals surface area contributed by atoms with Crippen LogP contribution in [0.25, 0.3) is 0 Å². The molecule has 19 heavy (non-hydrogen) atoms. The quantitative estimate of drug-likeness (QED) is 0.893. The third-order valence-electron chi connectivity index (χ3n) is 2.92. The van der Waals surface area contributed by atoms with Gasteiger partial charge in [0.25, 0.3) is 0 Å². The van der Waals surface area contributed by atoms with E-state index in [0.717, 1.165) is 12.0 Å². The van der Waals surface area contributed by atoms with Crippen molar-refractivity contribution in [3.8, 4) is 0 Å². The van der Waals surface area contributed by atoms with Crippen LogP contribution in [0.4, 0.5) is 0 Å². The minimum Gasteiger partial charge on any atom is -0.348 e. The lowest BCUT2D eigenvalue weighted by Gasteiger charge is -2.14. The molecule has 1 aromatic carbocycles. The van der Waals surface area contributed by atoms with Crippen molar-refractivity contribution >= 4 is 5.91 Å². The van der Waals surface area contributed by atoms with Gasteiger partial charge < -0.3 is 9.84 Å². The molecular weight excluding hydrogens is 242 g/mol. The molecule has 1 aromatic heterocycles. The highest BCUT2D eigenvalue weighted by Crippen LogP contribution is 2.19. The molecule has 1 amide bonds. The van der Waals surface area contributed by atoms with Crippen LogP contribution in [-0.4, -0.2) is 16.0 Å². The molecule has 0 fully saturated rings. The van der Waals surface area contributed by atoms with Gasteiger partial charge in [0, 0.05) is 6.92 Å². The first kappa shape index (κ1) is 13.3. The number of rotatable bonds is 5. The molecule has 0 saturated carbocycles. The molecule has 5 nitrogen and oxygen atoms in total. The van der Waals surface area contributed by atoms with Gasteiger partial charge >= 0.3 is 0 Å². The van der Waals surface area contributed by atoms with Gasteiger partial charge in [-0.3, -0.25) is 4.79 Å². The molecule has 0 aliphatic rings. The maximum absolute atomic E-state index is 12.2. The largest absolute Gasteiger partial charge is 0.348 e. The molecule has 1 atom stereocenters. The lowest BCUT2D eigenvalue weighted by Crippen LogP contribution is -2.29. The van der Waals surface area contributed by atoms with E-state index in [2.05, 4.69) is 15.5 Å². The van der Waals surface area contributed by atoms with Crippen LogP contribution >= 0.6 is 0 Å². The molecular formula is C14H17N3O2.